The summed E-state index contributed by atoms with van der Waals surface area (Å²) in [4.78, 5) is 27.5. The summed E-state index contributed by atoms with van der Waals surface area (Å²) in [5, 5.41) is 2.94. The molecule has 8 nitrogen and oxygen atoms in total. The van der Waals surface area contributed by atoms with Crippen LogP contribution in [-0.4, -0.2) is 56.2 Å². The molecule has 2 aromatic rings. The van der Waals surface area contributed by atoms with E-state index in [0.29, 0.717) is 23.0 Å². The van der Waals surface area contributed by atoms with Crippen molar-refractivity contribution in [3.05, 3.63) is 48.0 Å². The Morgan fingerprint density at radius 1 is 0.879 bits per heavy atom. The lowest BCUT2D eigenvalue weighted by Gasteiger charge is -2.31. The van der Waals surface area contributed by atoms with Gasteiger partial charge in [-0.25, -0.2) is 0 Å². The zero-order valence-corrected chi connectivity index (χ0v) is 20.4. The lowest BCUT2D eigenvalue weighted by molar-refractivity contribution is -0.142. The predicted molar refractivity (Wildman–Crippen MR) is 126 cm³/mol. The summed E-state index contributed by atoms with van der Waals surface area (Å²) in [6, 6.07) is 11.7. The van der Waals surface area contributed by atoms with Crippen molar-refractivity contribution in [1.29, 1.82) is 0 Å². The Balaban J connectivity index is 2.21. The maximum atomic E-state index is 13.2. The maximum absolute atomic E-state index is 13.2. The molecule has 0 heterocycles. The van der Waals surface area contributed by atoms with Crippen LogP contribution in [0.5, 0.6) is 23.0 Å². The summed E-state index contributed by atoms with van der Waals surface area (Å²) in [7, 11) is 4.67. The van der Waals surface area contributed by atoms with Gasteiger partial charge in [0.05, 0.1) is 21.3 Å². The molecule has 0 fully saturated rings. The molecule has 8 heteroatoms. The smallest absolute Gasteiger partial charge is 0.261 e. The first-order valence-electron chi connectivity index (χ1n) is 10.7. The van der Waals surface area contributed by atoms with Gasteiger partial charge in [-0.2, -0.15) is 0 Å². The van der Waals surface area contributed by atoms with Crippen molar-refractivity contribution >= 4 is 11.8 Å². The van der Waals surface area contributed by atoms with Gasteiger partial charge in [0.25, 0.3) is 5.91 Å². The van der Waals surface area contributed by atoms with Crippen LogP contribution >= 0.6 is 0 Å². The molecule has 0 aliphatic carbocycles. The minimum atomic E-state index is -0.706. The van der Waals surface area contributed by atoms with Crippen molar-refractivity contribution in [2.45, 2.75) is 45.8 Å². The van der Waals surface area contributed by atoms with Gasteiger partial charge < -0.3 is 29.2 Å². The van der Waals surface area contributed by atoms with E-state index in [9.17, 15) is 9.59 Å². The first-order chi connectivity index (χ1) is 15.6. The van der Waals surface area contributed by atoms with Crippen molar-refractivity contribution < 1.29 is 28.5 Å². The van der Waals surface area contributed by atoms with E-state index < -0.39 is 11.6 Å². The molecule has 33 heavy (non-hydrogen) atoms. The Morgan fingerprint density at radius 2 is 1.39 bits per heavy atom. The highest BCUT2D eigenvalue weighted by Gasteiger charge is 2.28. The van der Waals surface area contributed by atoms with Crippen LogP contribution in [0, 0.1) is 0 Å². The normalized spacial score (nSPS) is 11.8. The quantitative estimate of drug-likeness (QED) is 0.587. The number of carbonyl (C=O) groups excluding carboxylic acids is 2. The molecule has 0 bridgehead atoms. The maximum Gasteiger partial charge on any atom is 0.261 e. The number of hydrogen-bond acceptors (Lipinski definition) is 6. The van der Waals surface area contributed by atoms with Crippen LogP contribution in [0.25, 0.3) is 0 Å². The molecule has 0 radical (unpaired) electrons. The van der Waals surface area contributed by atoms with E-state index in [4.69, 9.17) is 18.9 Å². The molecule has 1 atom stereocenters. The second-order valence-electron chi connectivity index (χ2n) is 8.62. The van der Waals surface area contributed by atoms with Gasteiger partial charge in [0, 0.05) is 30.3 Å². The van der Waals surface area contributed by atoms with Crippen molar-refractivity contribution in [1.82, 2.24) is 10.2 Å². The van der Waals surface area contributed by atoms with Crippen molar-refractivity contribution in [2.24, 2.45) is 0 Å². The molecule has 0 aliphatic heterocycles. The summed E-state index contributed by atoms with van der Waals surface area (Å²) < 4.78 is 21.4. The summed E-state index contributed by atoms with van der Waals surface area (Å²) in [6.45, 7) is 7.38. The summed E-state index contributed by atoms with van der Waals surface area (Å²) in [6.07, 6.45) is 0. The summed E-state index contributed by atoms with van der Waals surface area (Å²) in [5.74, 6) is 1.66. The van der Waals surface area contributed by atoms with Crippen LogP contribution in [-0.2, 0) is 16.1 Å². The van der Waals surface area contributed by atoms with Gasteiger partial charge in [-0.3, -0.25) is 9.59 Å². The van der Waals surface area contributed by atoms with Crippen LogP contribution in [0.4, 0.5) is 0 Å². The second-order valence-corrected chi connectivity index (χ2v) is 8.62. The lowest BCUT2D eigenvalue weighted by Crippen LogP contribution is -2.53. The van der Waals surface area contributed by atoms with Gasteiger partial charge in [-0.1, -0.05) is 12.1 Å². The second kappa shape index (κ2) is 11.4. The molecular formula is C25H34N2O6. The number of hydrogen-bond donors (Lipinski definition) is 1. The van der Waals surface area contributed by atoms with Crippen molar-refractivity contribution in [2.75, 3.05) is 27.9 Å². The van der Waals surface area contributed by atoms with Crippen LogP contribution in [0.3, 0.4) is 0 Å². The van der Waals surface area contributed by atoms with Gasteiger partial charge >= 0.3 is 0 Å². The number of nitrogens with one attached hydrogen (secondary N) is 1. The van der Waals surface area contributed by atoms with Crippen molar-refractivity contribution in [3.8, 4) is 23.0 Å². The number of amides is 2. The topological polar surface area (TPSA) is 86.3 Å². The number of carbonyl (C=O) groups is 2. The molecule has 2 aromatic carbocycles. The Morgan fingerprint density at radius 3 is 1.88 bits per heavy atom. The summed E-state index contributed by atoms with van der Waals surface area (Å²) in [5.41, 5.74) is 0.441. The van der Waals surface area contributed by atoms with Crippen LogP contribution in [0.1, 0.15) is 33.3 Å². The highest BCUT2D eigenvalue weighted by Crippen LogP contribution is 2.27. The zero-order chi connectivity index (χ0) is 24.6. The third-order valence-corrected chi connectivity index (χ3v) is 4.86. The SMILES string of the molecule is COc1ccc(CN(C(=O)COc2cc(OC)cc(OC)c2)C(C)C(=O)NC(C)(C)C)cc1. The number of benzene rings is 2. The van der Waals surface area contributed by atoms with Gasteiger partial charge in [-0.15, -0.1) is 0 Å². The molecule has 2 rings (SSSR count). The van der Waals surface area contributed by atoms with E-state index in [2.05, 4.69) is 5.32 Å². The Hall–Kier alpha value is -3.42. The highest BCUT2D eigenvalue weighted by molar-refractivity contribution is 5.88. The molecule has 0 saturated heterocycles. The average molecular weight is 459 g/mol. The molecule has 1 unspecified atom stereocenters. The monoisotopic (exact) mass is 458 g/mol. The van der Waals surface area contributed by atoms with Gasteiger partial charge in [0.1, 0.15) is 29.0 Å². The molecule has 1 N–H and O–H groups in total. The van der Waals surface area contributed by atoms with E-state index in [1.54, 1.807) is 32.2 Å². The number of rotatable bonds is 10. The average Bonchev–Trinajstić information content (AvgIpc) is 2.79. The number of ether oxygens (including phenoxy) is 4. The summed E-state index contributed by atoms with van der Waals surface area (Å²) >= 11 is 0. The van der Waals surface area contributed by atoms with Crippen LogP contribution in [0.15, 0.2) is 42.5 Å². The van der Waals surface area contributed by atoms with Gasteiger partial charge in [-0.05, 0) is 45.4 Å². The fraction of sp³-hybridized carbons (Fsp3) is 0.440. The molecule has 0 saturated carbocycles. The number of nitrogens with zero attached hydrogens (tertiary/aromatic N) is 1. The van der Waals surface area contributed by atoms with Crippen molar-refractivity contribution in [3.63, 3.8) is 0 Å². The van der Waals surface area contributed by atoms with Gasteiger partial charge in [0.15, 0.2) is 6.61 Å². The zero-order valence-electron chi connectivity index (χ0n) is 20.4. The van der Waals surface area contributed by atoms with Crippen LogP contribution < -0.4 is 24.3 Å². The first kappa shape index (κ1) is 25.8. The Labute approximate surface area is 195 Å². The molecular weight excluding hydrogens is 424 g/mol. The minimum Gasteiger partial charge on any atom is -0.497 e. The molecule has 2 amide bonds. The Kier molecular flexibility index (Phi) is 8.96. The van der Waals surface area contributed by atoms with E-state index in [1.807, 2.05) is 45.0 Å². The van der Waals surface area contributed by atoms with E-state index in [-0.39, 0.29) is 25.0 Å². The lowest BCUT2D eigenvalue weighted by atomic mass is 10.1. The fourth-order valence-electron chi connectivity index (χ4n) is 3.08. The molecule has 180 valence electrons. The predicted octanol–water partition coefficient (Wildman–Crippen LogP) is 3.42. The van der Waals surface area contributed by atoms with E-state index in [0.717, 1.165) is 5.56 Å². The Bertz CT molecular complexity index is 915. The minimum absolute atomic E-state index is 0.242. The van der Waals surface area contributed by atoms with Crippen LogP contribution in [0.2, 0.25) is 0 Å². The highest BCUT2D eigenvalue weighted by atomic mass is 16.5. The molecule has 0 spiro atoms. The third-order valence-electron chi connectivity index (χ3n) is 4.86. The van der Waals surface area contributed by atoms with E-state index >= 15 is 0 Å². The van der Waals surface area contributed by atoms with E-state index in [1.165, 1.54) is 19.1 Å². The molecule has 0 aliphatic rings. The fourth-order valence-corrected chi connectivity index (χ4v) is 3.08. The standard InChI is InChI=1S/C25H34N2O6/c1-17(24(29)26-25(2,3)4)27(15-18-8-10-19(30-5)11-9-18)23(28)16-33-22-13-20(31-6)12-21(14-22)32-7/h8-14,17H,15-16H2,1-7H3,(H,26,29). The van der Waals surface area contributed by atoms with Gasteiger partial charge in [0.2, 0.25) is 5.91 Å². The third kappa shape index (κ3) is 7.89. The number of methoxy groups -OCH3 is 3. The largest absolute Gasteiger partial charge is 0.497 e. The molecule has 0 aromatic heterocycles. The first-order valence-corrected chi connectivity index (χ1v) is 10.7.